The minimum Gasteiger partial charge on any atom is -0.383 e. The second-order valence-electron chi connectivity index (χ2n) is 4.48. The molecule has 4 rings (SSSR count). The average Bonchev–Trinajstić information content (AvgIpc) is 3.11. The summed E-state index contributed by atoms with van der Waals surface area (Å²) in [6.45, 7) is 0. The third-order valence-electron chi connectivity index (χ3n) is 3.15. The Balaban J connectivity index is 1.81. The van der Waals surface area contributed by atoms with Crippen LogP contribution in [0.3, 0.4) is 0 Å². The number of nitrogens with zero attached hydrogens (tertiary/aromatic N) is 4. The van der Waals surface area contributed by atoms with E-state index in [0.29, 0.717) is 22.5 Å². The Morgan fingerprint density at radius 2 is 2.05 bits per heavy atom. The van der Waals surface area contributed by atoms with Gasteiger partial charge in [-0.05, 0) is 24.1 Å². The van der Waals surface area contributed by atoms with Crippen LogP contribution in [0.1, 0.15) is 11.3 Å². The summed E-state index contributed by atoms with van der Waals surface area (Å²) < 4.78 is 0. The molecular weight excluding hydrogens is 266 g/mol. The topological polar surface area (TPSA) is 109 Å². The normalized spacial score (nSPS) is 10.7. The summed E-state index contributed by atoms with van der Waals surface area (Å²) in [4.78, 5) is 7.99. The van der Waals surface area contributed by atoms with Gasteiger partial charge in [0.1, 0.15) is 17.8 Å². The second-order valence-corrected chi connectivity index (χ2v) is 4.48. The van der Waals surface area contributed by atoms with Crippen LogP contribution >= 0.6 is 0 Å². The smallest absolute Gasteiger partial charge is 0.187 e. The van der Waals surface area contributed by atoms with Crippen LogP contribution in [0.5, 0.6) is 0 Å². The summed E-state index contributed by atoms with van der Waals surface area (Å²) in [5.41, 5.74) is 8.81. The lowest BCUT2D eigenvalue weighted by atomic mass is 10.1. The number of fused-ring (bicyclic) bond motifs is 2. The van der Waals surface area contributed by atoms with Gasteiger partial charge in [-0.15, -0.1) is 0 Å². The fourth-order valence-electron chi connectivity index (χ4n) is 2.12. The monoisotopic (exact) mass is 275 g/mol. The van der Waals surface area contributed by atoms with Crippen molar-refractivity contribution in [3.8, 4) is 11.8 Å². The fourth-order valence-corrected chi connectivity index (χ4v) is 2.12. The van der Waals surface area contributed by atoms with Gasteiger partial charge in [-0.2, -0.15) is 10.2 Å². The van der Waals surface area contributed by atoms with Crippen molar-refractivity contribution in [3.63, 3.8) is 0 Å². The van der Waals surface area contributed by atoms with E-state index < -0.39 is 0 Å². The number of nitrogens with two attached hydrogens (primary N) is 1. The molecule has 21 heavy (non-hydrogen) atoms. The predicted molar refractivity (Wildman–Crippen MR) is 78.2 cm³/mol. The summed E-state index contributed by atoms with van der Waals surface area (Å²) in [6, 6.07) is 5.82. The number of rotatable bonds is 0. The van der Waals surface area contributed by atoms with E-state index in [0.717, 1.165) is 16.5 Å². The predicted octanol–water partition coefficient (Wildman–Crippen LogP) is 1.21. The first-order chi connectivity index (χ1) is 10.3. The number of benzene rings is 1. The number of H-pyrrole nitrogens is 2. The van der Waals surface area contributed by atoms with E-state index in [4.69, 9.17) is 5.73 Å². The highest BCUT2D eigenvalue weighted by Crippen LogP contribution is 2.18. The Morgan fingerprint density at radius 1 is 1.10 bits per heavy atom. The Morgan fingerprint density at radius 3 is 3.00 bits per heavy atom. The zero-order valence-corrected chi connectivity index (χ0v) is 10.8. The van der Waals surface area contributed by atoms with Crippen LogP contribution in [0.25, 0.3) is 21.9 Å². The van der Waals surface area contributed by atoms with Gasteiger partial charge in [-0.3, -0.25) is 10.2 Å². The Labute approximate surface area is 118 Å². The zero-order chi connectivity index (χ0) is 14.2. The van der Waals surface area contributed by atoms with E-state index >= 15 is 0 Å². The van der Waals surface area contributed by atoms with E-state index in [1.54, 1.807) is 6.20 Å². The molecule has 0 saturated heterocycles. The van der Waals surface area contributed by atoms with Gasteiger partial charge in [0, 0.05) is 10.9 Å². The largest absolute Gasteiger partial charge is 0.383 e. The number of nitrogen functional groups attached to an aromatic ring is 1. The molecule has 100 valence electrons. The highest BCUT2D eigenvalue weighted by Gasteiger charge is 2.08. The molecule has 3 heterocycles. The molecule has 0 bridgehead atoms. The number of hydrogen-bond acceptors (Lipinski definition) is 5. The first-order valence-corrected chi connectivity index (χ1v) is 6.21. The molecule has 4 N–H and O–H groups in total. The number of anilines is 1. The van der Waals surface area contributed by atoms with Crippen molar-refractivity contribution in [2.75, 3.05) is 5.73 Å². The molecule has 3 aromatic heterocycles. The summed E-state index contributed by atoms with van der Waals surface area (Å²) in [5.74, 6) is 6.46. The fraction of sp³-hybridized carbons (Fsp3) is 0. The SMILES string of the molecule is Nc1ncnc2n[nH]c(C#Cc3ccc4[nH]ncc4c3)c12. The maximum atomic E-state index is 5.84. The van der Waals surface area contributed by atoms with Gasteiger partial charge in [-0.25, -0.2) is 9.97 Å². The molecule has 0 aliphatic rings. The lowest BCUT2D eigenvalue weighted by Crippen LogP contribution is -1.92. The van der Waals surface area contributed by atoms with Crippen LogP contribution in [0, 0.1) is 11.8 Å². The van der Waals surface area contributed by atoms with Crippen LogP contribution < -0.4 is 5.73 Å². The van der Waals surface area contributed by atoms with E-state index in [-0.39, 0.29) is 0 Å². The third kappa shape index (κ3) is 1.86. The molecule has 1 aromatic carbocycles. The molecule has 7 heteroatoms. The molecule has 0 radical (unpaired) electrons. The average molecular weight is 275 g/mol. The highest BCUT2D eigenvalue weighted by molar-refractivity contribution is 5.90. The lowest BCUT2D eigenvalue weighted by molar-refractivity contribution is 1.08. The minimum absolute atomic E-state index is 0.364. The molecule has 0 spiro atoms. The van der Waals surface area contributed by atoms with Gasteiger partial charge >= 0.3 is 0 Å². The second kappa shape index (κ2) is 4.31. The number of aromatic nitrogens is 6. The molecule has 0 amide bonds. The van der Waals surface area contributed by atoms with Gasteiger partial charge in [0.25, 0.3) is 0 Å². The molecular formula is C14H9N7. The van der Waals surface area contributed by atoms with Crippen molar-refractivity contribution in [2.45, 2.75) is 0 Å². The van der Waals surface area contributed by atoms with Crippen LogP contribution in [0.2, 0.25) is 0 Å². The summed E-state index contributed by atoms with van der Waals surface area (Å²) >= 11 is 0. The van der Waals surface area contributed by atoms with Crippen molar-refractivity contribution in [2.24, 2.45) is 0 Å². The van der Waals surface area contributed by atoms with Crippen molar-refractivity contribution in [1.29, 1.82) is 0 Å². The number of nitrogens with one attached hydrogen (secondary N) is 2. The molecule has 4 aromatic rings. The van der Waals surface area contributed by atoms with Crippen LogP contribution in [0.4, 0.5) is 5.82 Å². The highest BCUT2D eigenvalue weighted by atomic mass is 15.2. The molecule has 0 unspecified atom stereocenters. The summed E-state index contributed by atoms with van der Waals surface area (Å²) in [7, 11) is 0. The van der Waals surface area contributed by atoms with E-state index in [1.165, 1.54) is 6.33 Å². The quantitative estimate of drug-likeness (QED) is 0.418. The molecule has 0 fully saturated rings. The lowest BCUT2D eigenvalue weighted by Gasteiger charge is -1.93. The van der Waals surface area contributed by atoms with Gasteiger partial charge in [0.15, 0.2) is 5.65 Å². The van der Waals surface area contributed by atoms with Crippen molar-refractivity contribution >= 4 is 27.8 Å². The standard InChI is InChI=1S/C14H9N7/c15-13-12-11(20-21-14(12)17-7-16-13)4-2-8-1-3-10-9(5-8)6-18-19-10/h1,3,5-7H,(H,18,19)(H3,15,16,17,20,21). The van der Waals surface area contributed by atoms with Gasteiger partial charge in [0.2, 0.25) is 0 Å². The molecule has 7 nitrogen and oxygen atoms in total. The number of hydrogen-bond donors (Lipinski definition) is 3. The number of aromatic amines is 2. The van der Waals surface area contributed by atoms with E-state index in [2.05, 4.69) is 42.2 Å². The Hall–Kier alpha value is -3.40. The van der Waals surface area contributed by atoms with Crippen LogP contribution in [-0.4, -0.2) is 30.4 Å². The molecule has 0 saturated carbocycles. The van der Waals surface area contributed by atoms with Gasteiger partial charge in [-0.1, -0.05) is 5.92 Å². The molecule has 0 atom stereocenters. The van der Waals surface area contributed by atoms with Gasteiger partial charge in [0.05, 0.1) is 17.1 Å². The molecule has 0 aliphatic heterocycles. The summed E-state index contributed by atoms with van der Waals surface area (Å²) in [6.07, 6.45) is 3.14. The van der Waals surface area contributed by atoms with E-state index in [1.807, 2.05) is 18.2 Å². The van der Waals surface area contributed by atoms with Crippen LogP contribution in [0.15, 0.2) is 30.7 Å². The summed E-state index contributed by atoms with van der Waals surface area (Å²) in [5, 5.41) is 15.4. The van der Waals surface area contributed by atoms with Crippen LogP contribution in [-0.2, 0) is 0 Å². The minimum atomic E-state index is 0.364. The Bertz CT molecular complexity index is 1020. The Kier molecular flexibility index (Phi) is 2.35. The molecule has 0 aliphatic carbocycles. The maximum absolute atomic E-state index is 5.84. The van der Waals surface area contributed by atoms with Crippen molar-refractivity contribution in [1.82, 2.24) is 30.4 Å². The first kappa shape index (κ1) is 11.4. The van der Waals surface area contributed by atoms with E-state index in [9.17, 15) is 0 Å². The van der Waals surface area contributed by atoms with Crippen molar-refractivity contribution < 1.29 is 0 Å². The maximum Gasteiger partial charge on any atom is 0.187 e. The third-order valence-corrected chi connectivity index (χ3v) is 3.15. The first-order valence-electron chi connectivity index (χ1n) is 6.21. The zero-order valence-electron chi connectivity index (χ0n) is 10.8. The van der Waals surface area contributed by atoms with Crippen molar-refractivity contribution in [3.05, 3.63) is 42.0 Å². The van der Waals surface area contributed by atoms with Gasteiger partial charge < -0.3 is 5.73 Å².